The number of rotatable bonds is 2. The van der Waals surface area contributed by atoms with Crippen LogP contribution in [0.25, 0.3) is 17.2 Å². The number of benzene rings is 1. The first kappa shape index (κ1) is 10.9. The summed E-state index contributed by atoms with van der Waals surface area (Å²) in [5.74, 6) is 1.15. The number of nitrogens with zero attached hydrogens (tertiary/aromatic N) is 5. The molecule has 0 unspecified atom stereocenters. The van der Waals surface area contributed by atoms with Crippen molar-refractivity contribution in [3.8, 4) is 17.2 Å². The zero-order chi connectivity index (χ0) is 12.4. The van der Waals surface area contributed by atoms with E-state index in [1.165, 1.54) is 6.33 Å². The van der Waals surface area contributed by atoms with Gasteiger partial charge in [0.15, 0.2) is 11.6 Å². The molecule has 0 radical (unpaired) electrons. The van der Waals surface area contributed by atoms with E-state index in [0.29, 0.717) is 16.8 Å². The van der Waals surface area contributed by atoms with Crippen molar-refractivity contribution in [2.75, 3.05) is 0 Å². The molecule has 2 heterocycles. The first-order valence-electron chi connectivity index (χ1n) is 5.28. The molecule has 5 nitrogen and oxygen atoms in total. The smallest absolute Gasteiger partial charge is 0.163 e. The Labute approximate surface area is 108 Å². The Morgan fingerprint density at radius 1 is 1.06 bits per heavy atom. The van der Waals surface area contributed by atoms with Crippen LogP contribution in [0.5, 0.6) is 0 Å². The van der Waals surface area contributed by atoms with Crippen molar-refractivity contribution in [2.24, 2.45) is 0 Å². The monoisotopic (exact) mass is 257 g/mol. The van der Waals surface area contributed by atoms with Crippen LogP contribution in [0.3, 0.4) is 0 Å². The summed E-state index contributed by atoms with van der Waals surface area (Å²) in [7, 11) is 0. The predicted octanol–water partition coefficient (Wildman–Crippen LogP) is 2.38. The zero-order valence-corrected chi connectivity index (χ0v) is 9.99. The van der Waals surface area contributed by atoms with Crippen LogP contribution in [-0.4, -0.2) is 24.7 Å². The first-order valence-corrected chi connectivity index (χ1v) is 5.66. The molecule has 0 N–H and O–H groups in total. The van der Waals surface area contributed by atoms with Gasteiger partial charge in [0.25, 0.3) is 0 Å². The lowest BCUT2D eigenvalue weighted by molar-refractivity contribution is 0.840. The molecule has 2 aromatic heterocycles. The van der Waals surface area contributed by atoms with Crippen LogP contribution in [-0.2, 0) is 0 Å². The highest BCUT2D eigenvalue weighted by Crippen LogP contribution is 2.18. The fourth-order valence-electron chi connectivity index (χ4n) is 1.57. The van der Waals surface area contributed by atoms with E-state index in [1.807, 2.05) is 30.3 Å². The molecule has 0 aliphatic heterocycles. The Hall–Kier alpha value is -2.27. The third-order valence-electron chi connectivity index (χ3n) is 2.37. The second-order valence-corrected chi connectivity index (χ2v) is 3.97. The molecular weight excluding hydrogens is 250 g/mol. The van der Waals surface area contributed by atoms with E-state index in [4.69, 9.17) is 11.6 Å². The molecule has 0 aliphatic rings. The molecule has 0 bridgehead atoms. The summed E-state index contributed by atoms with van der Waals surface area (Å²) < 4.78 is 1.54. The van der Waals surface area contributed by atoms with Gasteiger partial charge in [-0.2, -0.15) is 5.10 Å². The highest BCUT2D eigenvalue weighted by Gasteiger charge is 2.07. The zero-order valence-electron chi connectivity index (χ0n) is 9.23. The van der Waals surface area contributed by atoms with Gasteiger partial charge in [-0.25, -0.2) is 19.6 Å². The van der Waals surface area contributed by atoms with Gasteiger partial charge < -0.3 is 0 Å². The minimum absolute atomic E-state index is 0.370. The molecule has 0 saturated heterocycles. The van der Waals surface area contributed by atoms with Crippen molar-refractivity contribution in [3.05, 3.63) is 54.2 Å². The highest BCUT2D eigenvalue weighted by molar-refractivity contribution is 6.29. The summed E-state index contributed by atoms with van der Waals surface area (Å²) in [5.41, 5.74) is 0.904. The summed E-state index contributed by atoms with van der Waals surface area (Å²) >= 11 is 6.00. The van der Waals surface area contributed by atoms with Gasteiger partial charge in [-0.15, -0.1) is 0 Å². The Balaban J connectivity index is 2.12. The Kier molecular flexibility index (Phi) is 2.74. The van der Waals surface area contributed by atoms with E-state index >= 15 is 0 Å². The summed E-state index contributed by atoms with van der Waals surface area (Å²) in [5, 5.41) is 4.39. The normalized spacial score (nSPS) is 10.5. The van der Waals surface area contributed by atoms with E-state index in [0.717, 1.165) is 5.56 Å². The van der Waals surface area contributed by atoms with Gasteiger partial charge >= 0.3 is 0 Å². The Morgan fingerprint density at radius 2 is 1.89 bits per heavy atom. The minimum Gasteiger partial charge on any atom is -0.223 e. The van der Waals surface area contributed by atoms with Crippen molar-refractivity contribution in [1.29, 1.82) is 0 Å². The minimum atomic E-state index is 0.370. The summed E-state index contributed by atoms with van der Waals surface area (Å²) in [4.78, 5) is 12.5. The molecular formula is C12H8ClN5. The summed E-state index contributed by atoms with van der Waals surface area (Å²) in [6.07, 6.45) is 3.01. The second kappa shape index (κ2) is 4.54. The standard InChI is InChI=1S/C12H8ClN5/c13-10-6-11(18-8-14-7-15-18)17-12(16-10)9-4-2-1-3-5-9/h1-8H. The largest absolute Gasteiger partial charge is 0.223 e. The fourth-order valence-corrected chi connectivity index (χ4v) is 1.74. The van der Waals surface area contributed by atoms with Gasteiger partial charge in [0.2, 0.25) is 0 Å². The third kappa shape index (κ3) is 2.08. The molecule has 0 fully saturated rings. The third-order valence-corrected chi connectivity index (χ3v) is 2.56. The quantitative estimate of drug-likeness (QED) is 0.662. The molecule has 0 saturated carbocycles. The maximum absolute atomic E-state index is 6.00. The Morgan fingerprint density at radius 3 is 2.61 bits per heavy atom. The predicted molar refractivity (Wildman–Crippen MR) is 67.4 cm³/mol. The molecule has 3 aromatic rings. The van der Waals surface area contributed by atoms with Crippen LogP contribution in [0.15, 0.2) is 49.1 Å². The summed E-state index contributed by atoms with van der Waals surface area (Å²) in [6.45, 7) is 0. The lowest BCUT2D eigenvalue weighted by atomic mass is 10.2. The van der Waals surface area contributed by atoms with Crippen molar-refractivity contribution in [2.45, 2.75) is 0 Å². The van der Waals surface area contributed by atoms with Gasteiger partial charge in [-0.05, 0) is 0 Å². The van der Waals surface area contributed by atoms with Crippen molar-refractivity contribution in [1.82, 2.24) is 24.7 Å². The maximum atomic E-state index is 6.00. The molecule has 0 aliphatic carbocycles. The molecule has 88 valence electrons. The van der Waals surface area contributed by atoms with Crippen molar-refractivity contribution >= 4 is 11.6 Å². The van der Waals surface area contributed by atoms with E-state index in [9.17, 15) is 0 Å². The van der Waals surface area contributed by atoms with Gasteiger partial charge in [0.1, 0.15) is 17.8 Å². The van der Waals surface area contributed by atoms with Gasteiger partial charge in [0, 0.05) is 11.6 Å². The average molecular weight is 258 g/mol. The van der Waals surface area contributed by atoms with Crippen LogP contribution >= 0.6 is 11.6 Å². The number of hydrogen-bond acceptors (Lipinski definition) is 4. The molecule has 18 heavy (non-hydrogen) atoms. The molecule has 0 atom stereocenters. The van der Waals surface area contributed by atoms with Crippen LogP contribution in [0.4, 0.5) is 0 Å². The number of halogens is 1. The van der Waals surface area contributed by atoms with E-state index in [-0.39, 0.29) is 0 Å². The molecule has 0 spiro atoms. The summed E-state index contributed by atoms with van der Waals surface area (Å²) in [6, 6.07) is 11.3. The molecule has 0 amide bonds. The topological polar surface area (TPSA) is 56.5 Å². The first-order chi connectivity index (χ1) is 8.83. The van der Waals surface area contributed by atoms with E-state index in [1.54, 1.807) is 17.1 Å². The van der Waals surface area contributed by atoms with Crippen LogP contribution in [0.1, 0.15) is 0 Å². The highest BCUT2D eigenvalue weighted by atomic mass is 35.5. The number of aromatic nitrogens is 5. The van der Waals surface area contributed by atoms with Crippen molar-refractivity contribution in [3.63, 3.8) is 0 Å². The van der Waals surface area contributed by atoms with Crippen molar-refractivity contribution < 1.29 is 0 Å². The molecule has 6 heteroatoms. The molecule has 1 aromatic carbocycles. The SMILES string of the molecule is Clc1cc(-n2cncn2)nc(-c2ccccc2)n1. The van der Waals surface area contributed by atoms with Gasteiger partial charge in [-0.3, -0.25) is 0 Å². The van der Waals surface area contributed by atoms with Gasteiger partial charge in [-0.1, -0.05) is 41.9 Å². The van der Waals surface area contributed by atoms with Crippen LogP contribution < -0.4 is 0 Å². The molecule has 3 rings (SSSR count). The maximum Gasteiger partial charge on any atom is 0.163 e. The van der Waals surface area contributed by atoms with Crippen LogP contribution in [0.2, 0.25) is 5.15 Å². The fraction of sp³-hybridized carbons (Fsp3) is 0. The van der Waals surface area contributed by atoms with Crippen LogP contribution in [0, 0.1) is 0 Å². The lowest BCUT2D eigenvalue weighted by Crippen LogP contribution is -2.01. The van der Waals surface area contributed by atoms with Gasteiger partial charge in [0.05, 0.1) is 0 Å². The lowest BCUT2D eigenvalue weighted by Gasteiger charge is -2.04. The second-order valence-electron chi connectivity index (χ2n) is 3.58. The average Bonchev–Trinajstić information content (AvgIpc) is 2.93. The number of hydrogen-bond donors (Lipinski definition) is 0. The Bertz CT molecular complexity index is 651. The van der Waals surface area contributed by atoms with E-state index < -0.39 is 0 Å². The van der Waals surface area contributed by atoms with E-state index in [2.05, 4.69) is 20.1 Å².